The summed E-state index contributed by atoms with van der Waals surface area (Å²) in [5, 5.41) is 0. The molecular weight excluding hydrogens is 371 g/mol. The van der Waals surface area contributed by atoms with E-state index < -0.39 is 5.82 Å². The monoisotopic (exact) mass is 392 g/mol. The van der Waals surface area contributed by atoms with Crippen LogP contribution in [0.1, 0.15) is 12.5 Å². The largest absolute Gasteiger partial charge is 0.476 e. The van der Waals surface area contributed by atoms with Gasteiger partial charge >= 0.3 is 0 Å². The number of pyridine rings is 1. The van der Waals surface area contributed by atoms with Gasteiger partial charge in [0, 0.05) is 43.2 Å². The summed E-state index contributed by atoms with van der Waals surface area (Å²) in [4.78, 5) is 23.5. The Labute approximate surface area is 168 Å². The molecule has 3 aromatic rings. The molecule has 5 rings (SSSR count). The van der Waals surface area contributed by atoms with Crippen molar-refractivity contribution in [2.24, 2.45) is 17.8 Å². The van der Waals surface area contributed by atoms with Gasteiger partial charge in [-0.3, -0.25) is 4.98 Å². The Bertz CT molecular complexity index is 985. The fourth-order valence-electron chi connectivity index (χ4n) is 4.05. The molecule has 1 saturated carbocycles. The number of rotatable bonds is 6. The van der Waals surface area contributed by atoms with Crippen molar-refractivity contribution < 1.29 is 9.13 Å². The van der Waals surface area contributed by atoms with Crippen molar-refractivity contribution >= 4 is 5.95 Å². The number of aromatic nitrogens is 5. The van der Waals surface area contributed by atoms with Crippen molar-refractivity contribution in [2.75, 3.05) is 24.6 Å². The Morgan fingerprint density at radius 2 is 1.83 bits per heavy atom. The first kappa shape index (κ1) is 17.9. The second-order valence-electron chi connectivity index (χ2n) is 7.55. The number of aryl methyl sites for hydroxylation is 1. The van der Waals surface area contributed by atoms with Crippen molar-refractivity contribution in [3.05, 3.63) is 54.6 Å². The summed E-state index contributed by atoms with van der Waals surface area (Å²) in [5.74, 6) is 2.62. The van der Waals surface area contributed by atoms with Crippen LogP contribution in [-0.4, -0.2) is 44.6 Å². The van der Waals surface area contributed by atoms with E-state index in [2.05, 4.69) is 36.7 Å². The fourth-order valence-corrected chi connectivity index (χ4v) is 4.05. The van der Waals surface area contributed by atoms with E-state index in [9.17, 15) is 4.39 Å². The summed E-state index contributed by atoms with van der Waals surface area (Å²) in [6.45, 7) is 4.66. The number of hydrogen-bond donors (Lipinski definition) is 0. The number of fused-ring (bicyclic) bond motifs is 1. The van der Waals surface area contributed by atoms with E-state index in [1.807, 2.05) is 12.4 Å². The summed E-state index contributed by atoms with van der Waals surface area (Å²) < 4.78 is 19.6. The number of hydrogen-bond acceptors (Lipinski definition) is 7. The molecule has 0 bridgehead atoms. The molecule has 4 heterocycles. The predicted molar refractivity (Wildman–Crippen MR) is 105 cm³/mol. The molecule has 2 atom stereocenters. The van der Waals surface area contributed by atoms with Gasteiger partial charge in [-0.1, -0.05) is 6.92 Å². The van der Waals surface area contributed by atoms with Gasteiger partial charge in [0.25, 0.3) is 0 Å². The van der Waals surface area contributed by atoms with E-state index in [4.69, 9.17) is 4.74 Å². The lowest BCUT2D eigenvalue weighted by Crippen LogP contribution is -2.27. The van der Waals surface area contributed by atoms with E-state index in [1.54, 1.807) is 12.3 Å². The zero-order chi connectivity index (χ0) is 19.8. The fraction of sp³-hybridized carbons (Fsp3) is 0.381. The SMILES string of the molecule is CCc1cnc(N2CC3C(COc4cnc(-c5ccncc5F)cn4)C3C2)nc1. The van der Waals surface area contributed by atoms with Gasteiger partial charge in [0.2, 0.25) is 11.8 Å². The van der Waals surface area contributed by atoms with Crippen LogP contribution in [0.4, 0.5) is 10.3 Å². The molecule has 8 heteroatoms. The van der Waals surface area contributed by atoms with Crippen LogP contribution in [0.2, 0.25) is 0 Å². The van der Waals surface area contributed by atoms with Crippen molar-refractivity contribution in [3.63, 3.8) is 0 Å². The lowest BCUT2D eigenvalue weighted by molar-refractivity contribution is 0.271. The normalized spacial score (nSPS) is 22.4. The molecule has 0 radical (unpaired) electrons. The standard InChI is InChI=1S/C21H21FN6O/c1-2-13-5-26-21(27-6-13)28-10-15-16(11-28)17(15)12-29-20-9-24-19(8-25-20)14-3-4-23-7-18(14)22/h3-9,15-17H,2,10-12H2,1H3. The van der Waals surface area contributed by atoms with Crippen LogP contribution in [0.25, 0.3) is 11.3 Å². The lowest BCUT2D eigenvalue weighted by Gasteiger charge is -2.19. The van der Waals surface area contributed by atoms with Crippen molar-refractivity contribution in [1.29, 1.82) is 0 Å². The molecule has 2 aliphatic rings. The first-order valence-corrected chi connectivity index (χ1v) is 9.83. The highest BCUT2D eigenvalue weighted by Gasteiger charge is 2.56. The minimum absolute atomic E-state index is 0.380. The quantitative estimate of drug-likeness (QED) is 0.638. The van der Waals surface area contributed by atoms with E-state index >= 15 is 0 Å². The highest BCUT2D eigenvalue weighted by molar-refractivity contribution is 5.57. The molecular formula is C21H21FN6O. The zero-order valence-corrected chi connectivity index (χ0v) is 16.1. The van der Waals surface area contributed by atoms with Crippen LogP contribution in [0.15, 0.2) is 43.2 Å². The predicted octanol–water partition coefficient (Wildman–Crippen LogP) is 2.79. The van der Waals surface area contributed by atoms with Crippen LogP contribution in [0, 0.1) is 23.6 Å². The molecule has 2 unspecified atom stereocenters. The molecule has 7 nitrogen and oxygen atoms in total. The van der Waals surface area contributed by atoms with E-state index in [0.29, 0.717) is 41.5 Å². The second-order valence-corrected chi connectivity index (χ2v) is 7.55. The van der Waals surface area contributed by atoms with Gasteiger partial charge in [-0.05, 0) is 29.9 Å². The number of nitrogens with zero attached hydrogens (tertiary/aromatic N) is 6. The lowest BCUT2D eigenvalue weighted by atomic mass is 10.2. The maximum Gasteiger partial charge on any atom is 0.232 e. The molecule has 1 aliphatic heterocycles. The number of halogens is 1. The highest BCUT2D eigenvalue weighted by atomic mass is 19.1. The molecule has 29 heavy (non-hydrogen) atoms. The molecule has 1 saturated heterocycles. The third-order valence-corrected chi connectivity index (χ3v) is 5.85. The van der Waals surface area contributed by atoms with Crippen LogP contribution < -0.4 is 9.64 Å². The average molecular weight is 392 g/mol. The molecule has 2 fully saturated rings. The first-order chi connectivity index (χ1) is 14.2. The summed E-state index contributed by atoms with van der Waals surface area (Å²) in [6, 6.07) is 1.58. The smallest absolute Gasteiger partial charge is 0.232 e. The molecule has 0 spiro atoms. The van der Waals surface area contributed by atoms with E-state index in [0.717, 1.165) is 31.0 Å². The second kappa shape index (κ2) is 7.35. The number of anilines is 1. The van der Waals surface area contributed by atoms with Crippen molar-refractivity contribution in [3.8, 4) is 17.1 Å². The molecule has 0 aromatic carbocycles. The van der Waals surface area contributed by atoms with Gasteiger partial charge in [-0.15, -0.1) is 0 Å². The van der Waals surface area contributed by atoms with Crippen molar-refractivity contribution in [2.45, 2.75) is 13.3 Å². The molecule has 1 aliphatic carbocycles. The Morgan fingerprint density at radius 1 is 1.03 bits per heavy atom. The maximum atomic E-state index is 13.8. The minimum Gasteiger partial charge on any atom is -0.476 e. The summed E-state index contributed by atoms with van der Waals surface area (Å²) in [7, 11) is 0. The molecule has 148 valence electrons. The van der Waals surface area contributed by atoms with Gasteiger partial charge < -0.3 is 9.64 Å². The molecule has 3 aromatic heterocycles. The Balaban J connectivity index is 1.14. The van der Waals surface area contributed by atoms with Crippen LogP contribution in [0.3, 0.4) is 0 Å². The first-order valence-electron chi connectivity index (χ1n) is 9.83. The molecule has 0 N–H and O–H groups in total. The number of ether oxygens (including phenoxy) is 1. The summed E-state index contributed by atoms with van der Waals surface area (Å²) in [6.07, 6.45) is 10.5. The van der Waals surface area contributed by atoms with Crippen LogP contribution in [-0.2, 0) is 6.42 Å². The summed E-state index contributed by atoms with van der Waals surface area (Å²) >= 11 is 0. The third kappa shape index (κ3) is 3.50. The highest BCUT2D eigenvalue weighted by Crippen LogP contribution is 2.52. The molecule has 0 amide bonds. The Morgan fingerprint density at radius 3 is 2.48 bits per heavy atom. The van der Waals surface area contributed by atoms with E-state index in [-0.39, 0.29) is 0 Å². The van der Waals surface area contributed by atoms with E-state index in [1.165, 1.54) is 18.6 Å². The Kier molecular flexibility index (Phi) is 4.54. The zero-order valence-electron chi connectivity index (χ0n) is 16.1. The van der Waals surface area contributed by atoms with Gasteiger partial charge in [-0.2, -0.15) is 0 Å². The minimum atomic E-state index is -0.417. The van der Waals surface area contributed by atoms with Crippen LogP contribution in [0.5, 0.6) is 5.88 Å². The van der Waals surface area contributed by atoms with Gasteiger partial charge in [-0.25, -0.2) is 24.3 Å². The van der Waals surface area contributed by atoms with Gasteiger partial charge in [0.1, 0.15) is 0 Å². The summed E-state index contributed by atoms with van der Waals surface area (Å²) in [5.41, 5.74) is 2.00. The van der Waals surface area contributed by atoms with Gasteiger partial charge in [0.15, 0.2) is 5.82 Å². The third-order valence-electron chi connectivity index (χ3n) is 5.85. The topological polar surface area (TPSA) is 76.9 Å². The van der Waals surface area contributed by atoms with Crippen molar-refractivity contribution in [1.82, 2.24) is 24.9 Å². The average Bonchev–Trinajstić information content (AvgIpc) is 3.22. The maximum absolute atomic E-state index is 13.8. The van der Waals surface area contributed by atoms with Gasteiger partial charge in [0.05, 0.1) is 30.9 Å². The van der Waals surface area contributed by atoms with Crippen LogP contribution >= 0.6 is 0 Å². The Hall–Kier alpha value is -3.16. The number of piperidine rings is 1.